The number of carbonyl (C=O) groups excluding carboxylic acids is 2. The molecule has 73 heavy (non-hydrogen) atoms. The number of ether oxygens (including phenoxy) is 2. The van der Waals surface area contributed by atoms with E-state index in [1.807, 2.05) is 23.1 Å². The molecule has 2 saturated carbocycles. The number of oxazole rings is 1. The first-order valence-electron chi connectivity index (χ1n) is 26.2. The number of benzene rings is 3. The molecule has 6 heterocycles. The van der Waals surface area contributed by atoms with Crippen molar-refractivity contribution in [2.45, 2.75) is 130 Å². The SMILES string of the molecule is COc1cc(OC2C(C)(C)C(NC(=O)c3ccc(N4CC5(CCC(N6CCC(n7nc(N8CCCc9cc(-c%10cnco%10)c(C(F)F)cc98)c8c7CCN(C(C)=O)C8)CC6)CC5)C4)cc3)C2(C)C)ccc1C#N. The van der Waals surface area contributed by atoms with Crippen molar-refractivity contribution >= 4 is 29.0 Å². The van der Waals surface area contributed by atoms with Crippen molar-refractivity contribution in [2.24, 2.45) is 16.2 Å². The van der Waals surface area contributed by atoms with E-state index in [4.69, 9.17) is 19.0 Å². The Bertz CT molecular complexity index is 2910. The zero-order valence-electron chi connectivity index (χ0n) is 42.9. The third-order valence-electron chi connectivity index (χ3n) is 17.7. The molecular formula is C57H67F2N9O5. The highest BCUT2D eigenvalue weighted by molar-refractivity contribution is 5.95. The number of methoxy groups -OCH3 is 1. The van der Waals surface area contributed by atoms with Gasteiger partial charge in [-0.1, -0.05) is 27.7 Å². The van der Waals surface area contributed by atoms with E-state index in [0.717, 1.165) is 80.2 Å². The van der Waals surface area contributed by atoms with Gasteiger partial charge >= 0.3 is 0 Å². The van der Waals surface area contributed by atoms with Crippen LogP contribution in [0.4, 0.5) is 26.0 Å². The molecule has 11 rings (SSSR count). The van der Waals surface area contributed by atoms with Crippen LogP contribution in [0.25, 0.3) is 11.3 Å². The van der Waals surface area contributed by atoms with Gasteiger partial charge in [-0.15, -0.1) is 0 Å². The summed E-state index contributed by atoms with van der Waals surface area (Å²) in [5, 5.41) is 18.1. The normalized spacial score (nSPS) is 22.5. The number of likely N-dealkylation sites (tertiary alicyclic amines) is 1. The summed E-state index contributed by atoms with van der Waals surface area (Å²) in [7, 11) is 1.54. The number of hydrogen-bond donors (Lipinski definition) is 1. The van der Waals surface area contributed by atoms with E-state index in [9.17, 15) is 23.6 Å². The third kappa shape index (κ3) is 8.68. The number of anilines is 3. The first kappa shape index (κ1) is 48.8. The third-order valence-corrected chi connectivity index (χ3v) is 17.7. The molecule has 5 aromatic rings. The summed E-state index contributed by atoms with van der Waals surface area (Å²) in [5.74, 6) is 2.15. The summed E-state index contributed by atoms with van der Waals surface area (Å²) in [6.07, 6.45) is 8.96. The number of nitrogens with zero attached hydrogens (tertiary/aromatic N) is 8. The van der Waals surface area contributed by atoms with Crippen molar-refractivity contribution in [3.05, 3.63) is 101 Å². The van der Waals surface area contributed by atoms with Crippen LogP contribution in [-0.2, 0) is 24.2 Å². The number of amides is 2. The topological polar surface area (TPSA) is 145 Å². The average Bonchev–Trinajstić information content (AvgIpc) is 4.08. The molecule has 0 atom stereocenters. The standard InChI is InChI=1S/C57H67F2N9O5/c1-35(69)65-25-19-46-45(31-65)51(67-22-7-8-37-26-43(49-30-61-34-72-49)44(50(58)59)28-47(37)67)63-68(46)41-17-23-64(24-18-41)40-15-20-57(21-16-40)32-66(33-57)39-12-9-36(10-13-39)52(70)62-53-55(2,3)54(56(53,4)5)73-42-14-11-38(29-60)48(27-42)71-6/h9-14,26-28,30,34,40-41,50,53-54H,7-8,15-25,31-33H2,1-6H3,(H,62,70). The van der Waals surface area contributed by atoms with Crippen LogP contribution >= 0.6 is 0 Å². The van der Waals surface area contributed by atoms with Gasteiger partial charge in [-0.3, -0.25) is 14.3 Å². The molecule has 1 N–H and O–H groups in total. The summed E-state index contributed by atoms with van der Waals surface area (Å²) >= 11 is 0. The van der Waals surface area contributed by atoms with E-state index in [0.29, 0.717) is 71.5 Å². The summed E-state index contributed by atoms with van der Waals surface area (Å²) in [6.45, 7) is 15.9. The molecule has 0 unspecified atom stereocenters. The molecule has 384 valence electrons. The fourth-order valence-electron chi connectivity index (χ4n) is 14.0. The van der Waals surface area contributed by atoms with E-state index < -0.39 is 6.43 Å². The largest absolute Gasteiger partial charge is 0.495 e. The van der Waals surface area contributed by atoms with E-state index in [2.05, 4.69) is 75.6 Å². The lowest BCUT2D eigenvalue weighted by molar-refractivity contribution is -0.164. The summed E-state index contributed by atoms with van der Waals surface area (Å²) < 4.78 is 49.0. The molecule has 2 amide bonds. The second-order valence-electron chi connectivity index (χ2n) is 22.8. The highest BCUT2D eigenvalue weighted by atomic mass is 19.3. The molecule has 0 radical (unpaired) electrons. The molecule has 1 spiro atoms. The molecule has 2 aliphatic carbocycles. The van der Waals surface area contributed by atoms with Crippen LogP contribution in [-0.4, -0.2) is 101 Å². The van der Waals surface area contributed by atoms with Gasteiger partial charge in [0.25, 0.3) is 12.3 Å². The van der Waals surface area contributed by atoms with Crippen LogP contribution in [0.1, 0.15) is 130 Å². The van der Waals surface area contributed by atoms with Crippen LogP contribution in [0.5, 0.6) is 11.5 Å². The molecule has 4 aliphatic heterocycles. The average molecular weight is 996 g/mol. The first-order chi connectivity index (χ1) is 35.1. The minimum absolute atomic E-state index is 0.0256. The van der Waals surface area contributed by atoms with Gasteiger partial charge in [-0.2, -0.15) is 10.4 Å². The minimum Gasteiger partial charge on any atom is -0.495 e. The number of carbonyl (C=O) groups is 2. The Kier molecular flexibility index (Phi) is 12.6. The van der Waals surface area contributed by atoms with Crippen molar-refractivity contribution in [1.82, 2.24) is 29.9 Å². The Labute approximate surface area is 426 Å². The van der Waals surface area contributed by atoms with Crippen molar-refractivity contribution in [3.8, 4) is 28.9 Å². The number of nitrogens with one attached hydrogen (secondary N) is 1. The highest BCUT2D eigenvalue weighted by Gasteiger charge is 2.64. The quantitative estimate of drug-likeness (QED) is 0.135. The van der Waals surface area contributed by atoms with E-state index >= 15 is 0 Å². The predicted molar refractivity (Wildman–Crippen MR) is 273 cm³/mol. The van der Waals surface area contributed by atoms with Gasteiger partial charge in [0, 0.05) is 126 Å². The molecule has 6 aliphatic rings. The number of halogens is 2. The monoisotopic (exact) mass is 996 g/mol. The van der Waals surface area contributed by atoms with Gasteiger partial charge in [0.2, 0.25) is 5.91 Å². The van der Waals surface area contributed by atoms with Crippen molar-refractivity contribution in [1.29, 1.82) is 5.26 Å². The number of aryl methyl sites for hydroxylation is 1. The molecule has 16 heteroatoms. The van der Waals surface area contributed by atoms with Crippen molar-refractivity contribution in [3.63, 3.8) is 0 Å². The van der Waals surface area contributed by atoms with Crippen molar-refractivity contribution in [2.75, 3.05) is 56.2 Å². The van der Waals surface area contributed by atoms with E-state index in [1.165, 1.54) is 44.0 Å². The zero-order valence-corrected chi connectivity index (χ0v) is 42.9. The molecule has 2 saturated heterocycles. The Morgan fingerprint density at radius 1 is 0.918 bits per heavy atom. The van der Waals surface area contributed by atoms with Crippen LogP contribution < -0.4 is 24.6 Å². The maximum atomic E-state index is 14.7. The number of nitriles is 1. The Morgan fingerprint density at radius 2 is 1.66 bits per heavy atom. The van der Waals surface area contributed by atoms with Crippen LogP contribution in [0.15, 0.2) is 71.6 Å². The van der Waals surface area contributed by atoms with Crippen LogP contribution in [0.2, 0.25) is 0 Å². The second kappa shape index (κ2) is 18.8. The fourth-order valence-corrected chi connectivity index (χ4v) is 14.0. The number of alkyl halides is 2. The number of hydrogen-bond acceptors (Lipinski definition) is 11. The summed E-state index contributed by atoms with van der Waals surface area (Å²) in [6, 6.07) is 19.6. The van der Waals surface area contributed by atoms with Gasteiger partial charge in [-0.05, 0) is 105 Å². The maximum Gasteiger partial charge on any atom is 0.264 e. The smallest absolute Gasteiger partial charge is 0.264 e. The lowest BCUT2D eigenvalue weighted by atomic mass is 9.49. The van der Waals surface area contributed by atoms with Crippen LogP contribution in [0.3, 0.4) is 0 Å². The molecule has 4 fully saturated rings. The van der Waals surface area contributed by atoms with Gasteiger partial charge in [0.05, 0.1) is 31.5 Å². The molecule has 3 aromatic carbocycles. The van der Waals surface area contributed by atoms with E-state index in [1.54, 1.807) is 38.3 Å². The summed E-state index contributed by atoms with van der Waals surface area (Å²) in [4.78, 5) is 39.6. The Balaban J connectivity index is 0.691. The Morgan fingerprint density at radius 3 is 2.32 bits per heavy atom. The lowest BCUT2D eigenvalue weighted by Gasteiger charge is -2.63. The first-order valence-corrected chi connectivity index (χ1v) is 26.2. The Hall–Kier alpha value is -6.47. The highest BCUT2D eigenvalue weighted by Crippen LogP contribution is 2.56. The number of rotatable bonds is 11. The minimum atomic E-state index is -2.70. The molecule has 0 bridgehead atoms. The fraction of sp³-hybridized carbons (Fsp3) is 0.526. The van der Waals surface area contributed by atoms with E-state index in [-0.39, 0.29) is 46.4 Å². The van der Waals surface area contributed by atoms with Crippen molar-refractivity contribution < 1.29 is 32.3 Å². The maximum absolute atomic E-state index is 14.7. The van der Waals surface area contributed by atoms with Gasteiger partial charge in [-0.25, -0.2) is 13.8 Å². The second-order valence-corrected chi connectivity index (χ2v) is 22.8. The molecular weight excluding hydrogens is 929 g/mol. The number of piperidine rings is 1. The van der Waals surface area contributed by atoms with Gasteiger partial charge < -0.3 is 38.8 Å². The molecule has 14 nitrogen and oxygen atoms in total. The summed E-state index contributed by atoms with van der Waals surface area (Å²) in [5.41, 5.74) is 6.08. The van der Waals surface area contributed by atoms with Gasteiger partial charge in [0.1, 0.15) is 23.7 Å². The molecule has 2 aromatic heterocycles. The number of fused-ring (bicyclic) bond motifs is 2. The van der Waals surface area contributed by atoms with Crippen LogP contribution in [0, 0.1) is 27.6 Å². The lowest BCUT2D eigenvalue weighted by Crippen LogP contribution is -2.74. The predicted octanol–water partition coefficient (Wildman–Crippen LogP) is 10.0. The van der Waals surface area contributed by atoms with Gasteiger partial charge in [0.15, 0.2) is 18.0 Å². The number of aromatic nitrogens is 3. The zero-order chi connectivity index (χ0) is 51.0.